The summed E-state index contributed by atoms with van der Waals surface area (Å²) in [6, 6.07) is 18.9. The summed E-state index contributed by atoms with van der Waals surface area (Å²) in [4.78, 5) is 6.47. The van der Waals surface area contributed by atoms with E-state index in [1.54, 1.807) is 12.3 Å². The molecule has 6 nitrogen and oxygen atoms in total. The van der Waals surface area contributed by atoms with Gasteiger partial charge in [-0.1, -0.05) is 66.7 Å². The number of thiocarbonyl (C=S) groups is 1. The van der Waals surface area contributed by atoms with Crippen LogP contribution >= 0.6 is 23.8 Å². The topological polar surface area (TPSA) is 92.2 Å². The van der Waals surface area contributed by atoms with E-state index in [2.05, 4.69) is 75.6 Å². The third-order valence-corrected chi connectivity index (χ3v) is 7.29. The maximum Gasteiger partial charge on any atom is 0.164 e. The highest BCUT2D eigenvalue weighted by Crippen LogP contribution is 2.32. The number of aromatic nitrogens is 1. The molecule has 0 unspecified atom stereocenters. The molecule has 1 fully saturated rings. The molecular formula is C29H35ClN6S. The molecule has 1 aliphatic heterocycles. The van der Waals surface area contributed by atoms with Crippen molar-refractivity contribution in [1.29, 1.82) is 0 Å². The number of nitrogens with zero attached hydrogens (tertiary/aromatic N) is 2. The zero-order valence-electron chi connectivity index (χ0n) is 21.1. The molecule has 5 rings (SSSR count). The van der Waals surface area contributed by atoms with Crippen LogP contribution in [0.25, 0.3) is 5.70 Å². The number of halogens is 1. The zero-order chi connectivity index (χ0) is 26.2. The molecule has 2 aliphatic rings. The average molecular weight is 535 g/mol. The van der Waals surface area contributed by atoms with Crippen LogP contribution in [-0.2, 0) is 12.8 Å². The van der Waals surface area contributed by atoms with Crippen molar-refractivity contribution in [2.24, 2.45) is 5.73 Å². The molecule has 1 saturated heterocycles. The number of hydrogen-bond donors (Lipinski definition) is 4. The Morgan fingerprint density at radius 2 is 1.65 bits per heavy atom. The largest absolute Gasteiger partial charge is 0.384 e. The monoisotopic (exact) mass is 534 g/mol. The molecule has 8 heteroatoms. The summed E-state index contributed by atoms with van der Waals surface area (Å²) >= 11 is 11.0. The highest BCUT2D eigenvalue weighted by Gasteiger charge is 2.23. The van der Waals surface area contributed by atoms with E-state index in [0.29, 0.717) is 16.0 Å². The number of rotatable bonds is 6. The first-order chi connectivity index (χ1) is 17.9. The molecule has 0 radical (unpaired) electrons. The highest BCUT2D eigenvalue weighted by molar-refractivity contribution is 7.80. The number of nitrogen functional groups attached to an aromatic ring is 1. The Kier molecular flexibility index (Phi) is 9.39. The maximum atomic E-state index is 5.93. The number of nitrogens with two attached hydrogens (primary N) is 2. The van der Waals surface area contributed by atoms with E-state index in [-0.39, 0.29) is 6.04 Å². The lowest BCUT2D eigenvalue weighted by Gasteiger charge is -2.21. The zero-order valence-corrected chi connectivity index (χ0v) is 22.6. The van der Waals surface area contributed by atoms with Crippen molar-refractivity contribution in [3.63, 3.8) is 0 Å². The molecular weight excluding hydrogens is 500 g/mol. The van der Waals surface area contributed by atoms with Crippen LogP contribution in [0, 0.1) is 0 Å². The minimum atomic E-state index is 0.0624. The van der Waals surface area contributed by atoms with E-state index in [1.165, 1.54) is 48.2 Å². The SMILES string of the molecule is C=C(NCCN1CCCC1)c1cnc(N)c(Cl)c1.NC(=S)NC1c2ccccc2CCc2ccccc21. The van der Waals surface area contributed by atoms with Gasteiger partial charge in [0.15, 0.2) is 5.11 Å². The number of fused-ring (bicyclic) bond motifs is 2. The summed E-state index contributed by atoms with van der Waals surface area (Å²) in [5.74, 6) is 0.352. The molecule has 6 N–H and O–H groups in total. The Morgan fingerprint density at radius 1 is 1.05 bits per heavy atom. The number of aryl methyl sites for hydroxylation is 2. The van der Waals surface area contributed by atoms with E-state index in [4.69, 9.17) is 35.3 Å². The Balaban J connectivity index is 0.000000173. The van der Waals surface area contributed by atoms with Gasteiger partial charge < -0.3 is 27.0 Å². The van der Waals surface area contributed by atoms with E-state index in [0.717, 1.165) is 37.2 Å². The predicted octanol–water partition coefficient (Wildman–Crippen LogP) is 4.68. The third-order valence-electron chi connectivity index (χ3n) is 6.87. The number of anilines is 1. The molecule has 0 spiro atoms. The van der Waals surface area contributed by atoms with Gasteiger partial charge in [-0.25, -0.2) is 4.98 Å². The minimum absolute atomic E-state index is 0.0624. The lowest BCUT2D eigenvalue weighted by molar-refractivity contribution is 0.343. The van der Waals surface area contributed by atoms with E-state index in [1.807, 2.05) is 0 Å². The quantitative estimate of drug-likeness (QED) is 0.341. The second kappa shape index (κ2) is 12.9. The van der Waals surface area contributed by atoms with Crippen molar-refractivity contribution in [2.75, 3.05) is 31.9 Å². The molecule has 0 atom stereocenters. The second-order valence-corrected chi connectivity index (χ2v) is 10.2. The average Bonchev–Trinajstić information content (AvgIpc) is 3.37. The van der Waals surface area contributed by atoms with Crippen LogP contribution in [0.4, 0.5) is 5.82 Å². The van der Waals surface area contributed by atoms with Crippen molar-refractivity contribution in [3.05, 3.63) is 100 Å². The Labute approximate surface area is 230 Å². The molecule has 0 saturated carbocycles. The first-order valence-electron chi connectivity index (χ1n) is 12.7. The summed E-state index contributed by atoms with van der Waals surface area (Å²) in [6.45, 7) is 8.35. The van der Waals surface area contributed by atoms with Crippen LogP contribution in [0.2, 0.25) is 5.02 Å². The minimum Gasteiger partial charge on any atom is -0.384 e. The highest BCUT2D eigenvalue weighted by atomic mass is 35.5. The van der Waals surface area contributed by atoms with Gasteiger partial charge in [-0.3, -0.25) is 0 Å². The molecule has 2 heterocycles. The first-order valence-corrected chi connectivity index (χ1v) is 13.5. The molecule has 194 valence electrons. The molecule has 1 aromatic heterocycles. The van der Waals surface area contributed by atoms with Crippen LogP contribution in [0.3, 0.4) is 0 Å². The summed E-state index contributed by atoms with van der Waals surface area (Å²) in [5, 5.41) is 7.35. The van der Waals surface area contributed by atoms with Gasteiger partial charge in [0.1, 0.15) is 5.82 Å². The Morgan fingerprint density at radius 3 is 2.22 bits per heavy atom. The fourth-order valence-electron chi connectivity index (χ4n) is 4.91. The number of likely N-dealkylation sites (tertiary alicyclic amines) is 1. The Hall–Kier alpha value is -3.13. The molecule has 37 heavy (non-hydrogen) atoms. The Bertz CT molecular complexity index is 1190. The number of benzene rings is 2. The summed E-state index contributed by atoms with van der Waals surface area (Å²) in [6.07, 6.45) is 6.44. The lowest BCUT2D eigenvalue weighted by Crippen LogP contribution is -2.34. The molecule has 2 aromatic carbocycles. The van der Waals surface area contributed by atoms with Crippen LogP contribution < -0.4 is 22.1 Å². The van der Waals surface area contributed by atoms with Crippen LogP contribution in [0.1, 0.15) is 46.7 Å². The summed E-state index contributed by atoms with van der Waals surface area (Å²) in [7, 11) is 0. The first kappa shape index (κ1) is 26.9. The lowest BCUT2D eigenvalue weighted by atomic mass is 9.95. The summed E-state index contributed by atoms with van der Waals surface area (Å²) < 4.78 is 0. The van der Waals surface area contributed by atoms with Crippen molar-refractivity contribution in [3.8, 4) is 0 Å². The molecule has 3 aromatic rings. The predicted molar refractivity (Wildman–Crippen MR) is 158 cm³/mol. The van der Waals surface area contributed by atoms with Gasteiger partial charge in [-0.2, -0.15) is 0 Å². The van der Waals surface area contributed by atoms with Crippen molar-refractivity contribution < 1.29 is 0 Å². The number of pyridine rings is 1. The smallest absolute Gasteiger partial charge is 0.164 e. The maximum absolute atomic E-state index is 5.93. The standard InChI is InChI=1S/C16H16N2S.C13H19ClN4/c17-16(19)18-15-13-7-3-1-5-11(13)9-10-12-6-2-4-8-14(12)15;1-10(11-8-12(14)13(15)17-9-11)16-4-7-18-5-2-3-6-18/h1-8,15H,9-10H2,(H3,17,18,19);8-9,16H,1-7H2,(H2,15,17). The van der Waals surface area contributed by atoms with Crippen molar-refractivity contribution in [2.45, 2.75) is 31.7 Å². The summed E-state index contributed by atoms with van der Waals surface area (Å²) in [5.41, 5.74) is 18.3. The van der Waals surface area contributed by atoms with Crippen LogP contribution in [0.15, 0.2) is 67.4 Å². The fraction of sp³-hybridized carbons (Fsp3) is 0.310. The third kappa shape index (κ3) is 7.22. The number of nitrogens with one attached hydrogen (secondary N) is 2. The van der Waals surface area contributed by atoms with Gasteiger partial charge >= 0.3 is 0 Å². The van der Waals surface area contributed by atoms with Crippen LogP contribution in [-0.4, -0.2) is 41.2 Å². The van der Waals surface area contributed by atoms with Crippen LogP contribution in [0.5, 0.6) is 0 Å². The normalized spacial score (nSPS) is 14.9. The number of hydrogen-bond acceptors (Lipinski definition) is 5. The molecule has 0 bridgehead atoms. The van der Waals surface area contributed by atoms with Gasteiger partial charge in [0, 0.05) is 30.5 Å². The molecule has 0 amide bonds. The van der Waals surface area contributed by atoms with E-state index < -0.39 is 0 Å². The van der Waals surface area contributed by atoms with Gasteiger partial charge in [0.25, 0.3) is 0 Å². The van der Waals surface area contributed by atoms with E-state index >= 15 is 0 Å². The van der Waals surface area contributed by atoms with E-state index in [9.17, 15) is 0 Å². The van der Waals surface area contributed by atoms with Gasteiger partial charge in [0.05, 0.1) is 11.1 Å². The van der Waals surface area contributed by atoms with Gasteiger partial charge in [-0.15, -0.1) is 0 Å². The molecule has 1 aliphatic carbocycles. The van der Waals surface area contributed by atoms with Gasteiger partial charge in [0.2, 0.25) is 0 Å². The van der Waals surface area contributed by atoms with Crippen molar-refractivity contribution in [1.82, 2.24) is 20.5 Å². The fourth-order valence-corrected chi connectivity index (χ4v) is 5.19. The second-order valence-electron chi connectivity index (χ2n) is 9.38. The van der Waals surface area contributed by atoms with Crippen molar-refractivity contribution >= 4 is 40.4 Å². The van der Waals surface area contributed by atoms with Gasteiger partial charge in [-0.05, 0) is 79.3 Å².